The van der Waals surface area contributed by atoms with Gasteiger partial charge < -0.3 is 10.8 Å². The third-order valence-electron chi connectivity index (χ3n) is 2.13. The van der Waals surface area contributed by atoms with Crippen LogP contribution in [0.25, 0.3) is 11.3 Å². The fourth-order valence-electron chi connectivity index (χ4n) is 1.44. The molecule has 0 unspecified atom stereocenters. The zero-order valence-corrected chi connectivity index (χ0v) is 8.29. The van der Waals surface area contributed by atoms with Crippen LogP contribution in [0.3, 0.4) is 0 Å². The zero-order valence-electron chi connectivity index (χ0n) is 8.29. The van der Waals surface area contributed by atoms with E-state index in [4.69, 9.17) is 10.8 Å². The molecule has 0 atom stereocenters. The highest BCUT2D eigenvalue weighted by atomic mass is 16.4. The summed E-state index contributed by atoms with van der Waals surface area (Å²) < 4.78 is 0. The summed E-state index contributed by atoms with van der Waals surface area (Å²) in [7, 11) is 0. The molecule has 80 valence electrons. The molecule has 3 N–H and O–H groups in total. The molecule has 0 radical (unpaired) electrons. The van der Waals surface area contributed by atoms with Gasteiger partial charge in [0.25, 0.3) is 0 Å². The molecular formula is C11H9N3O2. The SMILES string of the molecule is Nc1nccc(C(=O)O)c1-c1ccccn1. The number of aromatic nitrogens is 2. The van der Waals surface area contributed by atoms with Gasteiger partial charge in [0.05, 0.1) is 16.8 Å². The van der Waals surface area contributed by atoms with E-state index in [-0.39, 0.29) is 11.4 Å². The van der Waals surface area contributed by atoms with Crippen molar-refractivity contribution in [3.63, 3.8) is 0 Å². The number of hydrogen-bond acceptors (Lipinski definition) is 4. The van der Waals surface area contributed by atoms with Crippen molar-refractivity contribution in [1.29, 1.82) is 0 Å². The van der Waals surface area contributed by atoms with Gasteiger partial charge in [0.15, 0.2) is 0 Å². The van der Waals surface area contributed by atoms with E-state index in [0.29, 0.717) is 11.3 Å². The van der Waals surface area contributed by atoms with Gasteiger partial charge in [0.1, 0.15) is 5.82 Å². The number of anilines is 1. The van der Waals surface area contributed by atoms with Crippen molar-refractivity contribution in [2.24, 2.45) is 0 Å². The second-order valence-electron chi connectivity index (χ2n) is 3.14. The smallest absolute Gasteiger partial charge is 0.336 e. The summed E-state index contributed by atoms with van der Waals surface area (Å²) in [6, 6.07) is 6.61. The minimum Gasteiger partial charge on any atom is -0.478 e. The molecule has 2 aromatic heterocycles. The highest BCUT2D eigenvalue weighted by Gasteiger charge is 2.15. The maximum atomic E-state index is 11.0. The number of carboxylic acids is 1. The lowest BCUT2D eigenvalue weighted by atomic mass is 10.1. The summed E-state index contributed by atoms with van der Waals surface area (Å²) in [6.45, 7) is 0. The number of nitrogens with zero attached hydrogens (tertiary/aromatic N) is 2. The van der Waals surface area contributed by atoms with Crippen LogP contribution in [0.1, 0.15) is 10.4 Å². The summed E-state index contributed by atoms with van der Waals surface area (Å²) in [5.74, 6) is -0.881. The first kappa shape index (κ1) is 10.1. The number of carbonyl (C=O) groups is 1. The predicted molar refractivity (Wildman–Crippen MR) is 58.8 cm³/mol. The van der Waals surface area contributed by atoms with Gasteiger partial charge in [-0.1, -0.05) is 6.07 Å². The van der Waals surface area contributed by atoms with Crippen LogP contribution in [0.15, 0.2) is 36.7 Å². The second kappa shape index (κ2) is 3.98. The summed E-state index contributed by atoms with van der Waals surface area (Å²) >= 11 is 0. The number of aromatic carboxylic acids is 1. The third-order valence-corrected chi connectivity index (χ3v) is 2.13. The molecule has 0 aromatic carbocycles. The van der Waals surface area contributed by atoms with E-state index in [1.807, 2.05) is 0 Å². The Hall–Kier alpha value is -2.43. The number of carboxylic acid groups (broad SMARTS) is 1. The Morgan fingerprint density at radius 1 is 1.19 bits per heavy atom. The van der Waals surface area contributed by atoms with Crippen LogP contribution in [0.5, 0.6) is 0 Å². The molecule has 2 aromatic rings. The zero-order chi connectivity index (χ0) is 11.5. The monoisotopic (exact) mass is 215 g/mol. The molecule has 0 aliphatic carbocycles. The van der Waals surface area contributed by atoms with E-state index < -0.39 is 5.97 Å². The van der Waals surface area contributed by atoms with Crippen LogP contribution in [0.4, 0.5) is 5.82 Å². The summed E-state index contributed by atoms with van der Waals surface area (Å²) in [5.41, 5.74) is 6.64. The standard InChI is InChI=1S/C11H9N3O2/c12-10-9(8-3-1-2-5-13-8)7(11(15)16)4-6-14-10/h1-6H,(H2,12,14)(H,15,16). The second-order valence-corrected chi connectivity index (χ2v) is 3.14. The Balaban J connectivity index is 2.68. The normalized spacial score (nSPS) is 10.0. The van der Waals surface area contributed by atoms with Crippen molar-refractivity contribution in [3.8, 4) is 11.3 Å². The Kier molecular flexibility index (Phi) is 2.51. The average Bonchev–Trinajstić information content (AvgIpc) is 2.29. The Labute approximate surface area is 91.6 Å². The molecule has 5 heteroatoms. The molecule has 0 saturated carbocycles. The average molecular weight is 215 g/mol. The summed E-state index contributed by atoms with van der Waals surface area (Å²) in [5, 5.41) is 9.04. The van der Waals surface area contributed by atoms with Gasteiger partial charge in [-0.25, -0.2) is 9.78 Å². The van der Waals surface area contributed by atoms with Crippen molar-refractivity contribution < 1.29 is 9.90 Å². The predicted octanol–water partition coefficient (Wildman–Crippen LogP) is 1.42. The van der Waals surface area contributed by atoms with Crippen LogP contribution < -0.4 is 5.73 Å². The maximum absolute atomic E-state index is 11.0. The number of nitrogen functional groups attached to an aromatic ring is 1. The number of hydrogen-bond donors (Lipinski definition) is 2. The lowest BCUT2D eigenvalue weighted by Gasteiger charge is -2.07. The topological polar surface area (TPSA) is 89.1 Å². The van der Waals surface area contributed by atoms with E-state index >= 15 is 0 Å². The van der Waals surface area contributed by atoms with Gasteiger partial charge in [0.2, 0.25) is 0 Å². The van der Waals surface area contributed by atoms with Gasteiger partial charge in [-0.2, -0.15) is 0 Å². The Bertz CT molecular complexity index is 526. The molecule has 0 aliphatic rings. The fraction of sp³-hybridized carbons (Fsp3) is 0. The van der Waals surface area contributed by atoms with Crippen LogP contribution in [-0.4, -0.2) is 21.0 Å². The Morgan fingerprint density at radius 2 is 2.00 bits per heavy atom. The van der Waals surface area contributed by atoms with Gasteiger partial charge in [0, 0.05) is 12.4 Å². The molecule has 5 nitrogen and oxygen atoms in total. The molecule has 2 heterocycles. The van der Waals surface area contributed by atoms with Crippen molar-refractivity contribution in [2.45, 2.75) is 0 Å². The van der Waals surface area contributed by atoms with Crippen molar-refractivity contribution in [2.75, 3.05) is 5.73 Å². The van der Waals surface area contributed by atoms with E-state index in [1.54, 1.807) is 24.4 Å². The molecule has 16 heavy (non-hydrogen) atoms. The lowest BCUT2D eigenvalue weighted by molar-refractivity contribution is 0.0697. The molecule has 2 rings (SSSR count). The van der Waals surface area contributed by atoms with Crippen molar-refractivity contribution in [1.82, 2.24) is 9.97 Å². The number of nitrogens with two attached hydrogens (primary N) is 1. The molecule has 0 fully saturated rings. The van der Waals surface area contributed by atoms with E-state index in [9.17, 15) is 4.79 Å². The Morgan fingerprint density at radius 3 is 2.62 bits per heavy atom. The van der Waals surface area contributed by atoms with E-state index in [1.165, 1.54) is 12.3 Å². The van der Waals surface area contributed by atoms with Gasteiger partial charge in [-0.15, -0.1) is 0 Å². The first-order chi connectivity index (χ1) is 7.70. The van der Waals surface area contributed by atoms with Crippen LogP contribution in [0.2, 0.25) is 0 Å². The molecule has 0 bridgehead atoms. The van der Waals surface area contributed by atoms with Gasteiger partial charge >= 0.3 is 5.97 Å². The highest BCUT2D eigenvalue weighted by molar-refractivity contribution is 5.98. The lowest BCUT2D eigenvalue weighted by Crippen LogP contribution is -2.05. The van der Waals surface area contributed by atoms with Gasteiger partial charge in [-0.3, -0.25) is 4.98 Å². The van der Waals surface area contributed by atoms with Crippen LogP contribution >= 0.6 is 0 Å². The van der Waals surface area contributed by atoms with Crippen molar-refractivity contribution >= 4 is 11.8 Å². The summed E-state index contributed by atoms with van der Waals surface area (Å²) in [4.78, 5) is 19.0. The molecule has 0 amide bonds. The minimum absolute atomic E-state index is 0.103. The molecule has 0 saturated heterocycles. The molecule has 0 aliphatic heterocycles. The van der Waals surface area contributed by atoms with Gasteiger partial charge in [-0.05, 0) is 18.2 Å². The first-order valence-corrected chi connectivity index (χ1v) is 4.59. The highest BCUT2D eigenvalue weighted by Crippen LogP contribution is 2.26. The number of rotatable bonds is 2. The maximum Gasteiger partial charge on any atom is 0.336 e. The van der Waals surface area contributed by atoms with Crippen LogP contribution in [0, 0.1) is 0 Å². The minimum atomic E-state index is -1.05. The largest absolute Gasteiger partial charge is 0.478 e. The quantitative estimate of drug-likeness (QED) is 0.790. The summed E-state index contributed by atoms with van der Waals surface area (Å²) in [6.07, 6.45) is 2.94. The van der Waals surface area contributed by atoms with E-state index in [2.05, 4.69) is 9.97 Å². The first-order valence-electron chi connectivity index (χ1n) is 4.59. The number of pyridine rings is 2. The fourth-order valence-corrected chi connectivity index (χ4v) is 1.44. The molecule has 0 spiro atoms. The van der Waals surface area contributed by atoms with E-state index in [0.717, 1.165) is 0 Å². The third kappa shape index (κ3) is 1.70. The molecular weight excluding hydrogens is 206 g/mol. The van der Waals surface area contributed by atoms with Crippen molar-refractivity contribution in [3.05, 3.63) is 42.2 Å². The van der Waals surface area contributed by atoms with Crippen LogP contribution in [-0.2, 0) is 0 Å².